The van der Waals surface area contributed by atoms with Gasteiger partial charge in [-0.1, -0.05) is 24.3 Å². The first-order valence-electron chi connectivity index (χ1n) is 8.50. The van der Waals surface area contributed by atoms with E-state index in [4.69, 9.17) is 4.74 Å². The molecule has 0 spiro atoms. The smallest absolute Gasteiger partial charge is 0.338 e. The maximum Gasteiger partial charge on any atom is 0.338 e. The van der Waals surface area contributed by atoms with E-state index in [0.717, 1.165) is 24.9 Å². The van der Waals surface area contributed by atoms with Crippen LogP contribution in [0.25, 0.3) is 22.2 Å². The van der Waals surface area contributed by atoms with Crippen molar-refractivity contribution < 1.29 is 9.53 Å². The van der Waals surface area contributed by atoms with Crippen molar-refractivity contribution in [3.63, 3.8) is 0 Å². The maximum atomic E-state index is 12.1. The molecule has 3 nitrogen and oxygen atoms in total. The highest BCUT2D eigenvalue weighted by Crippen LogP contribution is 2.36. The second-order valence-corrected chi connectivity index (χ2v) is 6.46. The fourth-order valence-electron chi connectivity index (χ4n) is 3.91. The predicted octanol–water partition coefficient (Wildman–Crippen LogP) is 4.74. The Morgan fingerprint density at radius 1 is 1.12 bits per heavy atom. The average molecular weight is 319 g/mol. The summed E-state index contributed by atoms with van der Waals surface area (Å²) in [5.41, 5.74) is 6.69. The first-order valence-corrected chi connectivity index (χ1v) is 8.50. The van der Waals surface area contributed by atoms with Crippen LogP contribution >= 0.6 is 0 Å². The Balaban J connectivity index is 2.04. The number of nitrogens with zero attached hydrogens (tertiary/aromatic N) is 1. The van der Waals surface area contributed by atoms with Crippen molar-refractivity contribution in [3.05, 3.63) is 59.2 Å². The zero-order valence-corrected chi connectivity index (χ0v) is 14.1. The van der Waals surface area contributed by atoms with E-state index in [9.17, 15) is 4.79 Å². The normalized spacial score (nSPS) is 13.8. The second kappa shape index (κ2) is 5.82. The Kier molecular flexibility index (Phi) is 3.64. The van der Waals surface area contributed by atoms with Crippen molar-refractivity contribution in [1.29, 1.82) is 0 Å². The van der Waals surface area contributed by atoms with Crippen LogP contribution in [0.2, 0.25) is 0 Å². The number of ether oxygens (including phenoxy) is 1. The van der Waals surface area contributed by atoms with Crippen LogP contribution in [0.4, 0.5) is 0 Å². The van der Waals surface area contributed by atoms with Crippen molar-refractivity contribution in [2.75, 3.05) is 7.11 Å². The number of methoxy groups -OCH3 is 1. The molecule has 0 aliphatic carbocycles. The molecule has 0 fully saturated rings. The van der Waals surface area contributed by atoms with Crippen LogP contribution in [0.1, 0.15) is 34.3 Å². The molecular formula is C21H21NO2. The second-order valence-electron chi connectivity index (χ2n) is 6.46. The molecule has 24 heavy (non-hydrogen) atoms. The first kappa shape index (κ1) is 15.0. The van der Waals surface area contributed by atoms with Gasteiger partial charge in [-0.15, -0.1) is 0 Å². The van der Waals surface area contributed by atoms with Crippen LogP contribution in [-0.4, -0.2) is 17.6 Å². The minimum Gasteiger partial charge on any atom is -0.465 e. The lowest BCUT2D eigenvalue weighted by Gasteiger charge is -2.21. The van der Waals surface area contributed by atoms with Crippen LogP contribution in [0.3, 0.4) is 0 Å². The Hall–Kier alpha value is -2.55. The molecule has 0 N–H and O–H groups in total. The first-order chi connectivity index (χ1) is 11.7. The Morgan fingerprint density at radius 2 is 1.96 bits per heavy atom. The highest BCUT2D eigenvalue weighted by Gasteiger charge is 2.21. The summed E-state index contributed by atoms with van der Waals surface area (Å²) < 4.78 is 7.37. The molecule has 1 aliphatic rings. The van der Waals surface area contributed by atoms with Gasteiger partial charge in [0.15, 0.2) is 0 Å². The van der Waals surface area contributed by atoms with Crippen LogP contribution < -0.4 is 0 Å². The Morgan fingerprint density at radius 3 is 2.79 bits per heavy atom. The van der Waals surface area contributed by atoms with Crippen LogP contribution in [0.15, 0.2) is 42.5 Å². The van der Waals surface area contributed by atoms with E-state index in [0.29, 0.717) is 5.56 Å². The number of fused-ring (bicyclic) bond motifs is 5. The van der Waals surface area contributed by atoms with E-state index < -0.39 is 0 Å². The number of hydrogen-bond acceptors (Lipinski definition) is 2. The predicted molar refractivity (Wildman–Crippen MR) is 96.4 cm³/mol. The van der Waals surface area contributed by atoms with Crippen molar-refractivity contribution in [2.24, 2.45) is 0 Å². The molecule has 0 radical (unpaired) electrons. The Labute approximate surface area is 141 Å². The van der Waals surface area contributed by atoms with Gasteiger partial charge < -0.3 is 9.30 Å². The quantitative estimate of drug-likeness (QED) is 0.607. The highest BCUT2D eigenvalue weighted by atomic mass is 16.5. The number of benzene rings is 2. The molecule has 0 amide bonds. The van der Waals surface area contributed by atoms with Gasteiger partial charge in [0, 0.05) is 28.7 Å². The minimum absolute atomic E-state index is 0.264. The molecular weight excluding hydrogens is 298 g/mol. The van der Waals surface area contributed by atoms with Gasteiger partial charge in [0.1, 0.15) is 0 Å². The summed E-state index contributed by atoms with van der Waals surface area (Å²) in [6.45, 7) is 3.05. The van der Waals surface area contributed by atoms with Crippen molar-refractivity contribution in [1.82, 2.24) is 4.57 Å². The third kappa shape index (κ3) is 2.23. The molecule has 1 aromatic heterocycles. The highest BCUT2D eigenvalue weighted by molar-refractivity contribution is 5.95. The molecule has 2 aromatic carbocycles. The number of para-hydroxylation sites is 1. The van der Waals surface area contributed by atoms with Gasteiger partial charge in [0.25, 0.3) is 0 Å². The van der Waals surface area contributed by atoms with Gasteiger partial charge in [0.2, 0.25) is 0 Å². The molecule has 2 heterocycles. The van der Waals surface area contributed by atoms with Crippen molar-refractivity contribution in [3.8, 4) is 11.3 Å². The van der Waals surface area contributed by atoms with E-state index in [2.05, 4.69) is 41.0 Å². The lowest BCUT2D eigenvalue weighted by molar-refractivity contribution is 0.0600. The number of rotatable bonds is 1. The fourth-order valence-corrected chi connectivity index (χ4v) is 3.91. The molecule has 0 atom stereocenters. The standard InChI is InChI=1S/C21H21NO2/c1-14-17(21(23)24-2)11-10-15-7-5-6-12-22-18-9-4-3-8-16(18)13-19(22)20(14)15/h3-4,8-11,13H,5-7,12H2,1-2H3. The Bertz CT molecular complexity index is 936. The molecule has 0 unspecified atom stereocenters. The number of esters is 1. The number of aromatic nitrogens is 1. The molecule has 122 valence electrons. The molecule has 0 saturated carbocycles. The van der Waals surface area contributed by atoms with Gasteiger partial charge in [-0.25, -0.2) is 4.79 Å². The zero-order chi connectivity index (χ0) is 16.7. The summed E-state index contributed by atoms with van der Waals surface area (Å²) in [5.74, 6) is -0.264. The molecule has 3 heteroatoms. The van der Waals surface area contributed by atoms with Crippen LogP contribution in [-0.2, 0) is 17.7 Å². The average Bonchev–Trinajstić information content (AvgIpc) is 2.93. The SMILES string of the molecule is COC(=O)c1ccc2c(c1C)-c1cc3ccccc3n1CCCC2. The van der Waals surface area contributed by atoms with Crippen LogP contribution in [0.5, 0.6) is 0 Å². The summed E-state index contributed by atoms with van der Waals surface area (Å²) >= 11 is 0. The topological polar surface area (TPSA) is 31.2 Å². The minimum atomic E-state index is -0.264. The summed E-state index contributed by atoms with van der Waals surface area (Å²) in [6.07, 6.45) is 3.39. The lowest BCUT2D eigenvalue weighted by Crippen LogP contribution is -2.10. The third-order valence-corrected chi connectivity index (χ3v) is 5.10. The van der Waals surface area contributed by atoms with Gasteiger partial charge >= 0.3 is 5.97 Å². The number of carbonyl (C=O) groups is 1. The number of carbonyl (C=O) groups excluding carboxylic acids is 1. The summed E-state index contributed by atoms with van der Waals surface area (Å²) in [6, 6.07) is 14.8. The summed E-state index contributed by atoms with van der Waals surface area (Å²) in [5, 5.41) is 1.25. The van der Waals surface area contributed by atoms with Gasteiger partial charge in [0.05, 0.1) is 12.7 Å². The number of aryl methyl sites for hydroxylation is 2. The van der Waals surface area contributed by atoms with E-state index in [1.807, 2.05) is 13.0 Å². The molecule has 0 bridgehead atoms. The van der Waals surface area contributed by atoms with E-state index in [1.54, 1.807) is 0 Å². The van der Waals surface area contributed by atoms with E-state index in [1.165, 1.54) is 41.3 Å². The monoisotopic (exact) mass is 319 g/mol. The van der Waals surface area contributed by atoms with Crippen molar-refractivity contribution >= 4 is 16.9 Å². The number of hydrogen-bond donors (Lipinski definition) is 0. The molecule has 3 aromatic rings. The lowest BCUT2D eigenvalue weighted by atomic mass is 9.91. The molecule has 1 aliphatic heterocycles. The van der Waals surface area contributed by atoms with Gasteiger partial charge in [-0.2, -0.15) is 0 Å². The summed E-state index contributed by atoms with van der Waals surface area (Å²) in [4.78, 5) is 12.1. The van der Waals surface area contributed by atoms with Crippen molar-refractivity contribution in [2.45, 2.75) is 32.7 Å². The largest absolute Gasteiger partial charge is 0.465 e. The molecule has 4 rings (SSSR count). The third-order valence-electron chi connectivity index (χ3n) is 5.10. The summed E-state index contributed by atoms with van der Waals surface area (Å²) in [7, 11) is 1.44. The van der Waals surface area contributed by atoms with E-state index >= 15 is 0 Å². The van der Waals surface area contributed by atoms with Gasteiger partial charge in [-0.05, 0) is 55.5 Å². The maximum absolute atomic E-state index is 12.1. The van der Waals surface area contributed by atoms with Crippen LogP contribution in [0, 0.1) is 6.92 Å². The zero-order valence-electron chi connectivity index (χ0n) is 14.1. The van der Waals surface area contributed by atoms with E-state index in [-0.39, 0.29) is 5.97 Å². The molecule has 0 saturated heterocycles. The fraction of sp³-hybridized carbons (Fsp3) is 0.286. The van der Waals surface area contributed by atoms with Gasteiger partial charge in [-0.3, -0.25) is 0 Å².